The maximum absolute atomic E-state index is 5.73. The number of rotatable bonds is 4. The number of nitrogens with zero attached hydrogens (tertiary/aromatic N) is 5. The van der Waals surface area contributed by atoms with E-state index in [4.69, 9.17) is 9.72 Å². The first-order valence-corrected chi connectivity index (χ1v) is 7.97. The molecule has 1 aliphatic rings. The molecule has 0 aliphatic carbocycles. The van der Waals surface area contributed by atoms with Crippen LogP contribution in [0.25, 0.3) is 22.4 Å². The molecule has 1 saturated heterocycles. The molecule has 3 aromatic rings. The second kappa shape index (κ2) is 7.73. The first-order chi connectivity index (χ1) is 11.8. The Bertz CT molecular complexity index is 847. The van der Waals surface area contributed by atoms with E-state index in [9.17, 15) is 0 Å². The molecule has 0 bridgehead atoms. The van der Waals surface area contributed by atoms with Gasteiger partial charge in [0, 0.05) is 45.3 Å². The van der Waals surface area contributed by atoms with E-state index >= 15 is 0 Å². The molecule has 9 heteroatoms. The van der Waals surface area contributed by atoms with Crippen molar-refractivity contribution in [2.24, 2.45) is 7.05 Å². The lowest BCUT2D eigenvalue weighted by Crippen LogP contribution is -2.42. The van der Waals surface area contributed by atoms with Crippen LogP contribution in [0.5, 0.6) is 0 Å². The van der Waals surface area contributed by atoms with E-state index in [-0.39, 0.29) is 18.5 Å². The number of pyridine rings is 1. The summed E-state index contributed by atoms with van der Waals surface area (Å²) in [7, 11) is 1.90. The van der Waals surface area contributed by atoms with Gasteiger partial charge in [-0.3, -0.25) is 9.67 Å². The highest BCUT2D eigenvalue weighted by Crippen LogP contribution is 2.24. The van der Waals surface area contributed by atoms with Crippen molar-refractivity contribution in [3.8, 4) is 11.4 Å². The minimum atomic E-state index is 0. The largest absolute Gasteiger partial charge is 0.374 e. The van der Waals surface area contributed by atoms with Crippen molar-refractivity contribution in [3.05, 3.63) is 30.7 Å². The third-order valence-electron chi connectivity index (χ3n) is 4.04. The number of nitrogens with one attached hydrogen (secondary N) is 2. The Kier molecular flexibility index (Phi) is 5.42. The summed E-state index contributed by atoms with van der Waals surface area (Å²) in [5, 5.41) is 10.9. The van der Waals surface area contributed by atoms with Crippen LogP contribution in [-0.2, 0) is 11.8 Å². The summed E-state index contributed by atoms with van der Waals surface area (Å²) in [5.41, 5.74) is 3.30. The fraction of sp³-hybridized carbons (Fsp3) is 0.375. The second-order valence-electron chi connectivity index (χ2n) is 5.70. The zero-order valence-electron chi connectivity index (χ0n) is 13.8. The van der Waals surface area contributed by atoms with E-state index in [0.29, 0.717) is 12.4 Å². The van der Waals surface area contributed by atoms with Crippen LogP contribution >= 0.6 is 12.4 Å². The van der Waals surface area contributed by atoms with Crippen molar-refractivity contribution in [2.45, 2.75) is 6.10 Å². The van der Waals surface area contributed by atoms with Gasteiger partial charge in [0.2, 0.25) is 0 Å². The van der Waals surface area contributed by atoms with Crippen molar-refractivity contribution < 1.29 is 4.74 Å². The molecule has 2 N–H and O–H groups in total. The van der Waals surface area contributed by atoms with Crippen LogP contribution in [0.1, 0.15) is 0 Å². The van der Waals surface area contributed by atoms with Gasteiger partial charge in [-0.15, -0.1) is 12.4 Å². The quantitative estimate of drug-likeness (QED) is 0.722. The second-order valence-corrected chi connectivity index (χ2v) is 5.70. The Morgan fingerprint density at radius 1 is 1.32 bits per heavy atom. The van der Waals surface area contributed by atoms with Gasteiger partial charge in [0.1, 0.15) is 5.52 Å². The first kappa shape index (κ1) is 17.5. The van der Waals surface area contributed by atoms with Crippen molar-refractivity contribution in [1.82, 2.24) is 30.0 Å². The van der Waals surface area contributed by atoms with Crippen LogP contribution in [0, 0.1) is 0 Å². The maximum Gasteiger partial charge on any atom is 0.155 e. The van der Waals surface area contributed by atoms with Gasteiger partial charge in [0.15, 0.2) is 5.82 Å². The molecular formula is C16H20ClN7O. The average Bonchev–Trinajstić information content (AvgIpc) is 3.06. The van der Waals surface area contributed by atoms with Gasteiger partial charge >= 0.3 is 0 Å². The molecule has 8 nitrogen and oxygen atoms in total. The fourth-order valence-corrected chi connectivity index (χ4v) is 2.81. The normalized spacial score (nSPS) is 17.2. The highest BCUT2D eigenvalue weighted by Gasteiger charge is 2.16. The van der Waals surface area contributed by atoms with Gasteiger partial charge in [-0.05, 0) is 12.1 Å². The molecule has 0 unspecified atom stereocenters. The lowest BCUT2D eigenvalue weighted by molar-refractivity contribution is 0.0372. The Labute approximate surface area is 151 Å². The summed E-state index contributed by atoms with van der Waals surface area (Å²) >= 11 is 0. The van der Waals surface area contributed by atoms with E-state index in [0.717, 1.165) is 42.1 Å². The molecule has 0 aromatic carbocycles. The lowest BCUT2D eigenvalue weighted by Gasteiger charge is -2.24. The van der Waals surface area contributed by atoms with E-state index in [1.807, 2.05) is 19.2 Å². The van der Waals surface area contributed by atoms with Crippen molar-refractivity contribution >= 4 is 29.3 Å². The Morgan fingerprint density at radius 3 is 2.96 bits per heavy atom. The van der Waals surface area contributed by atoms with Crippen molar-refractivity contribution in [3.63, 3.8) is 0 Å². The zero-order valence-corrected chi connectivity index (χ0v) is 14.7. The van der Waals surface area contributed by atoms with E-state index < -0.39 is 0 Å². The third kappa shape index (κ3) is 3.71. The lowest BCUT2D eigenvalue weighted by atomic mass is 10.2. The summed E-state index contributed by atoms with van der Waals surface area (Å²) in [5.74, 6) is 0.714. The SMILES string of the molecule is Cl.Cn1nccc1-c1cc2nccnc2c(NC[C@@H]2CNCCO2)n1. The van der Waals surface area contributed by atoms with Crippen molar-refractivity contribution in [1.29, 1.82) is 0 Å². The minimum Gasteiger partial charge on any atom is -0.374 e. The van der Waals surface area contributed by atoms with Crippen molar-refractivity contribution in [2.75, 3.05) is 31.6 Å². The van der Waals surface area contributed by atoms with Gasteiger partial charge < -0.3 is 15.4 Å². The molecule has 1 aliphatic heterocycles. The Morgan fingerprint density at radius 2 is 2.20 bits per heavy atom. The molecule has 0 spiro atoms. The number of morpholine rings is 1. The molecule has 25 heavy (non-hydrogen) atoms. The molecule has 3 aromatic heterocycles. The third-order valence-corrected chi connectivity index (χ3v) is 4.04. The standard InChI is InChI=1S/C16H19N7O.ClH/c1-23-14(2-3-21-23)12-8-13-15(19-5-4-18-13)16(22-12)20-10-11-9-17-6-7-24-11;/h2-5,8,11,17H,6-7,9-10H2,1H3,(H,20,22);1H/t11-;/m0./s1. The smallest absolute Gasteiger partial charge is 0.155 e. The van der Waals surface area contributed by atoms with E-state index in [2.05, 4.69) is 25.7 Å². The summed E-state index contributed by atoms with van der Waals surface area (Å²) in [6, 6.07) is 3.87. The molecule has 4 heterocycles. The molecule has 132 valence electrons. The van der Waals surface area contributed by atoms with Crippen LogP contribution in [0.4, 0.5) is 5.82 Å². The number of hydrogen-bond donors (Lipinski definition) is 2. The molecule has 1 fully saturated rings. The fourth-order valence-electron chi connectivity index (χ4n) is 2.81. The molecule has 4 rings (SSSR count). The predicted molar refractivity (Wildman–Crippen MR) is 97.9 cm³/mol. The number of ether oxygens (including phenoxy) is 1. The average molecular weight is 362 g/mol. The number of hydrogen-bond acceptors (Lipinski definition) is 7. The van der Waals surface area contributed by atoms with Crippen LogP contribution < -0.4 is 10.6 Å². The highest BCUT2D eigenvalue weighted by molar-refractivity contribution is 5.88. The monoisotopic (exact) mass is 361 g/mol. The summed E-state index contributed by atoms with van der Waals surface area (Å²) in [6.07, 6.45) is 5.24. The van der Waals surface area contributed by atoms with Crippen LogP contribution in [0.2, 0.25) is 0 Å². The van der Waals surface area contributed by atoms with Gasteiger partial charge in [-0.25, -0.2) is 9.97 Å². The Hall–Kier alpha value is -2.29. The minimum absolute atomic E-state index is 0. The molecule has 0 amide bonds. The molecule has 0 radical (unpaired) electrons. The molecular weight excluding hydrogens is 342 g/mol. The van der Waals surface area contributed by atoms with Gasteiger partial charge in [0.05, 0.1) is 29.6 Å². The number of fused-ring (bicyclic) bond motifs is 1. The van der Waals surface area contributed by atoms with E-state index in [1.54, 1.807) is 23.3 Å². The maximum atomic E-state index is 5.73. The van der Waals surface area contributed by atoms with Crippen LogP contribution in [0.15, 0.2) is 30.7 Å². The van der Waals surface area contributed by atoms with E-state index in [1.165, 1.54) is 0 Å². The van der Waals surface area contributed by atoms with Gasteiger partial charge in [-0.1, -0.05) is 0 Å². The topological polar surface area (TPSA) is 89.8 Å². The predicted octanol–water partition coefficient (Wildman–Crippen LogP) is 1.25. The Balaban J connectivity index is 0.00000182. The van der Waals surface area contributed by atoms with Crippen LogP contribution in [0.3, 0.4) is 0 Å². The van der Waals surface area contributed by atoms with Crippen LogP contribution in [-0.4, -0.2) is 57.1 Å². The number of aromatic nitrogens is 5. The number of halogens is 1. The summed E-state index contributed by atoms with van der Waals surface area (Å²) in [6.45, 7) is 3.13. The van der Waals surface area contributed by atoms with Gasteiger partial charge in [-0.2, -0.15) is 5.10 Å². The first-order valence-electron chi connectivity index (χ1n) is 7.97. The highest BCUT2D eigenvalue weighted by atomic mass is 35.5. The molecule has 1 atom stereocenters. The number of aryl methyl sites for hydroxylation is 1. The van der Waals surface area contributed by atoms with Gasteiger partial charge in [0.25, 0.3) is 0 Å². The summed E-state index contributed by atoms with van der Waals surface area (Å²) < 4.78 is 7.52. The molecule has 0 saturated carbocycles. The number of anilines is 1. The zero-order chi connectivity index (χ0) is 16.4. The summed E-state index contributed by atoms with van der Waals surface area (Å²) in [4.78, 5) is 13.6.